The molecule has 0 spiro atoms. The SMILES string of the molecule is CCOC1=CC(c2ccc(NC(=O)Nc3ccc(CC4(C)COC4)c(C(F)(F)F)c3)c(F)c2)=CNC1O. The minimum absolute atomic E-state index is 0.0776. The van der Waals surface area contributed by atoms with Gasteiger partial charge in [-0.15, -0.1) is 0 Å². The molecule has 0 bridgehead atoms. The number of carbonyl (C=O) groups excluding carboxylic acids is 1. The van der Waals surface area contributed by atoms with Crippen molar-refractivity contribution in [3.8, 4) is 0 Å². The van der Waals surface area contributed by atoms with Crippen LogP contribution in [-0.2, 0) is 22.1 Å². The topological polar surface area (TPSA) is 91.9 Å². The van der Waals surface area contributed by atoms with E-state index in [9.17, 15) is 27.5 Å². The molecule has 1 unspecified atom stereocenters. The van der Waals surface area contributed by atoms with Gasteiger partial charge in [-0.25, -0.2) is 9.18 Å². The summed E-state index contributed by atoms with van der Waals surface area (Å²) in [6, 6.07) is 6.75. The summed E-state index contributed by atoms with van der Waals surface area (Å²) in [5.41, 5.74) is -0.322. The van der Waals surface area contributed by atoms with E-state index in [4.69, 9.17) is 9.47 Å². The van der Waals surface area contributed by atoms with Crippen molar-refractivity contribution in [2.24, 2.45) is 5.41 Å². The Kier molecular flexibility index (Phi) is 7.47. The highest BCUT2D eigenvalue weighted by Gasteiger charge is 2.39. The van der Waals surface area contributed by atoms with Gasteiger partial charge in [0.15, 0.2) is 6.23 Å². The van der Waals surface area contributed by atoms with E-state index in [1.807, 2.05) is 6.92 Å². The highest BCUT2D eigenvalue weighted by atomic mass is 19.4. The molecule has 0 saturated carbocycles. The van der Waals surface area contributed by atoms with Crippen molar-refractivity contribution >= 4 is 23.0 Å². The Morgan fingerprint density at radius 2 is 1.97 bits per heavy atom. The van der Waals surface area contributed by atoms with Gasteiger partial charge < -0.3 is 30.5 Å². The van der Waals surface area contributed by atoms with Crippen molar-refractivity contribution < 1.29 is 36.9 Å². The summed E-state index contributed by atoms with van der Waals surface area (Å²) < 4.78 is 66.3. The van der Waals surface area contributed by atoms with E-state index in [-0.39, 0.29) is 34.5 Å². The van der Waals surface area contributed by atoms with E-state index < -0.39 is 29.8 Å². The van der Waals surface area contributed by atoms with Crippen molar-refractivity contribution in [1.82, 2.24) is 5.32 Å². The summed E-state index contributed by atoms with van der Waals surface area (Å²) in [7, 11) is 0. The molecule has 4 N–H and O–H groups in total. The number of hydrogen-bond donors (Lipinski definition) is 4. The lowest BCUT2D eigenvalue weighted by Crippen LogP contribution is -2.41. The van der Waals surface area contributed by atoms with Gasteiger partial charge in [-0.1, -0.05) is 19.1 Å². The lowest BCUT2D eigenvalue weighted by atomic mass is 9.80. The molecule has 2 aliphatic heterocycles. The number of nitrogens with one attached hydrogen (secondary N) is 3. The third-order valence-corrected chi connectivity index (χ3v) is 6.02. The normalized spacial score (nSPS) is 18.6. The first-order valence-corrected chi connectivity index (χ1v) is 11.6. The van der Waals surface area contributed by atoms with Crippen LogP contribution in [0.25, 0.3) is 5.57 Å². The smallest absolute Gasteiger partial charge is 0.416 e. The number of anilines is 2. The van der Waals surface area contributed by atoms with Crippen LogP contribution in [0.3, 0.4) is 0 Å². The second-order valence-electron chi connectivity index (χ2n) is 9.27. The predicted molar refractivity (Wildman–Crippen MR) is 130 cm³/mol. The number of aliphatic hydroxyl groups excluding tert-OH is 1. The third-order valence-electron chi connectivity index (χ3n) is 6.02. The molecule has 1 atom stereocenters. The minimum Gasteiger partial charge on any atom is -0.493 e. The Labute approximate surface area is 211 Å². The van der Waals surface area contributed by atoms with Gasteiger partial charge in [-0.3, -0.25) is 0 Å². The van der Waals surface area contributed by atoms with Crippen LogP contribution in [0.2, 0.25) is 0 Å². The number of urea groups is 1. The number of dihydropyridines is 1. The van der Waals surface area contributed by atoms with Gasteiger partial charge >= 0.3 is 12.2 Å². The van der Waals surface area contributed by atoms with E-state index in [1.165, 1.54) is 30.5 Å². The molecule has 2 aromatic rings. The van der Waals surface area contributed by atoms with Crippen molar-refractivity contribution in [2.45, 2.75) is 32.7 Å². The maximum absolute atomic E-state index is 14.7. The van der Waals surface area contributed by atoms with E-state index in [1.54, 1.807) is 19.1 Å². The Bertz CT molecular complexity index is 1240. The highest BCUT2D eigenvalue weighted by Crippen LogP contribution is 2.39. The zero-order valence-electron chi connectivity index (χ0n) is 20.2. The number of hydrogen-bond acceptors (Lipinski definition) is 5. The van der Waals surface area contributed by atoms with Gasteiger partial charge in [-0.2, -0.15) is 13.2 Å². The van der Waals surface area contributed by atoms with Gasteiger partial charge in [-0.05, 0) is 54.8 Å². The minimum atomic E-state index is -4.61. The Hall–Kier alpha value is -3.57. The number of benzene rings is 2. The zero-order chi connectivity index (χ0) is 26.8. The Morgan fingerprint density at radius 3 is 2.59 bits per heavy atom. The van der Waals surface area contributed by atoms with E-state index in [0.29, 0.717) is 31.0 Å². The molecule has 37 heavy (non-hydrogen) atoms. The van der Waals surface area contributed by atoms with Crippen LogP contribution in [0.4, 0.5) is 33.7 Å². The average molecular weight is 522 g/mol. The van der Waals surface area contributed by atoms with Crippen LogP contribution in [0.5, 0.6) is 0 Å². The summed E-state index contributed by atoms with van der Waals surface area (Å²) in [6.07, 6.45) is -2.36. The fourth-order valence-electron chi connectivity index (χ4n) is 4.14. The van der Waals surface area contributed by atoms with Crippen LogP contribution >= 0.6 is 0 Å². The standard InChI is InChI=1S/C26H27F4N3O4/c1-3-37-22-9-17(12-31-23(22)34)15-5-7-21(20(27)8-15)33-24(35)32-18-6-4-16(11-25(2)13-36-14-25)19(10-18)26(28,29)30/h4-10,12,23,31,34H,3,11,13-14H2,1-2H3,(H2,32,33,35). The molecule has 2 aromatic carbocycles. The number of amides is 2. The van der Waals surface area contributed by atoms with E-state index >= 15 is 0 Å². The molecule has 198 valence electrons. The van der Waals surface area contributed by atoms with Crippen molar-refractivity contribution in [3.63, 3.8) is 0 Å². The fraction of sp³-hybridized carbons (Fsp3) is 0.346. The molecular formula is C26H27F4N3O4. The monoisotopic (exact) mass is 521 g/mol. The van der Waals surface area contributed by atoms with Gasteiger partial charge in [0, 0.05) is 22.9 Å². The maximum Gasteiger partial charge on any atom is 0.416 e. The molecule has 4 rings (SSSR count). The predicted octanol–water partition coefficient (Wildman–Crippen LogP) is 5.25. The summed E-state index contributed by atoms with van der Waals surface area (Å²) in [5, 5.41) is 17.2. The summed E-state index contributed by atoms with van der Waals surface area (Å²) >= 11 is 0. The molecule has 0 aliphatic carbocycles. The zero-order valence-corrected chi connectivity index (χ0v) is 20.2. The van der Waals surface area contributed by atoms with Crippen LogP contribution in [0, 0.1) is 11.2 Å². The average Bonchev–Trinajstić information content (AvgIpc) is 2.81. The molecule has 11 heteroatoms. The van der Waals surface area contributed by atoms with Gasteiger partial charge in [0.2, 0.25) is 0 Å². The number of allylic oxidation sites excluding steroid dienone is 2. The summed E-state index contributed by atoms with van der Waals surface area (Å²) in [4.78, 5) is 12.4. The third kappa shape index (κ3) is 6.23. The number of halogens is 4. The molecule has 1 saturated heterocycles. The second kappa shape index (κ2) is 10.4. The molecular weight excluding hydrogens is 494 g/mol. The molecule has 1 fully saturated rings. The van der Waals surface area contributed by atoms with Crippen LogP contribution < -0.4 is 16.0 Å². The second-order valence-corrected chi connectivity index (χ2v) is 9.27. The van der Waals surface area contributed by atoms with E-state index in [2.05, 4.69) is 16.0 Å². The Morgan fingerprint density at radius 1 is 1.22 bits per heavy atom. The molecule has 2 heterocycles. The first kappa shape index (κ1) is 26.5. The number of ether oxygens (including phenoxy) is 2. The maximum atomic E-state index is 14.7. The first-order valence-electron chi connectivity index (χ1n) is 11.6. The molecule has 2 aliphatic rings. The Balaban J connectivity index is 1.46. The molecule has 0 aromatic heterocycles. The first-order chi connectivity index (χ1) is 17.5. The number of alkyl halides is 3. The summed E-state index contributed by atoms with van der Waals surface area (Å²) in [5.74, 6) is -0.477. The molecule has 7 nitrogen and oxygen atoms in total. The highest BCUT2D eigenvalue weighted by molar-refractivity contribution is 6.00. The van der Waals surface area contributed by atoms with Crippen LogP contribution in [0.15, 0.2) is 54.4 Å². The molecule has 2 amide bonds. The van der Waals surface area contributed by atoms with Crippen LogP contribution in [0.1, 0.15) is 30.5 Å². The lowest BCUT2D eigenvalue weighted by molar-refractivity contribution is -0.139. The van der Waals surface area contributed by atoms with Crippen molar-refractivity contribution in [1.29, 1.82) is 0 Å². The lowest BCUT2D eigenvalue weighted by Gasteiger charge is -2.38. The number of carbonyl (C=O) groups is 1. The van der Waals surface area contributed by atoms with Crippen LogP contribution in [-0.4, -0.2) is 37.2 Å². The molecule has 0 radical (unpaired) electrons. The quantitative estimate of drug-likeness (QED) is 0.374. The number of rotatable bonds is 7. The summed E-state index contributed by atoms with van der Waals surface area (Å²) in [6.45, 7) is 4.73. The van der Waals surface area contributed by atoms with E-state index in [0.717, 1.165) is 6.07 Å². The number of aliphatic hydroxyl groups is 1. The van der Waals surface area contributed by atoms with Gasteiger partial charge in [0.05, 0.1) is 31.1 Å². The fourth-order valence-corrected chi connectivity index (χ4v) is 4.14. The van der Waals surface area contributed by atoms with Gasteiger partial charge in [0.1, 0.15) is 11.6 Å². The van der Waals surface area contributed by atoms with Gasteiger partial charge in [0.25, 0.3) is 0 Å². The largest absolute Gasteiger partial charge is 0.493 e. The van der Waals surface area contributed by atoms with Crippen molar-refractivity contribution in [3.05, 3.63) is 76.9 Å². The van der Waals surface area contributed by atoms with Crippen molar-refractivity contribution in [2.75, 3.05) is 30.5 Å².